The Hall–Kier alpha value is -1.53. The second kappa shape index (κ2) is 7.56. The van der Waals surface area contributed by atoms with Crippen molar-refractivity contribution in [3.05, 3.63) is 69.0 Å². The fourth-order valence-electron chi connectivity index (χ4n) is 3.67. The van der Waals surface area contributed by atoms with E-state index in [1.807, 2.05) is 0 Å². The van der Waals surface area contributed by atoms with Crippen LogP contribution in [0.25, 0.3) is 0 Å². The Morgan fingerprint density at radius 3 is 2.20 bits per heavy atom. The van der Waals surface area contributed by atoms with Crippen LogP contribution in [0.15, 0.2) is 30.3 Å². The molecule has 1 amide bonds. The van der Waals surface area contributed by atoms with Gasteiger partial charge in [-0.05, 0) is 62.2 Å². The molecule has 1 saturated carbocycles. The molecule has 0 heterocycles. The minimum Gasteiger partial charge on any atom is -0.456 e. The largest absolute Gasteiger partial charge is 0.456 e. The number of carbonyl (C=O) groups is 2. The number of benzene rings is 2. The monoisotopic (exact) mass is 490 g/mol. The van der Waals surface area contributed by atoms with Crippen molar-refractivity contribution in [1.29, 1.82) is 0 Å². The molecule has 2 aromatic carbocycles. The third-order valence-electron chi connectivity index (χ3n) is 4.80. The third kappa shape index (κ3) is 3.77. The molecule has 0 bridgehead atoms. The summed E-state index contributed by atoms with van der Waals surface area (Å²) in [5.74, 6) is -3.48. The Labute approximate surface area is 193 Å². The number of alkyl halides is 2. The number of primary amides is 1. The summed E-state index contributed by atoms with van der Waals surface area (Å²) < 4.78 is 17.6. The molecular weight excluding hydrogens is 475 g/mol. The first-order valence-corrected chi connectivity index (χ1v) is 10.3. The van der Waals surface area contributed by atoms with Crippen LogP contribution in [0, 0.1) is 11.9 Å². The molecule has 1 fully saturated rings. The number of hydrogen-bond acceptors (Lipinski definition) is 3. The number of halogens is 5. The van der Waals surface area contributed by atoms with Crippen LogP contribution in [0.3, 0.4) is 0 Å². The SMILES string of the molecule is CC(C)(C)OC(=O)c1cc(F)[c]cc1C1(C(N)=O)C(c2cc(Cl)cc(Cl)c2)C1(Cl)Cl. The Bertz CT molecular complexity index is 1030. The van der Waals surface area contributed by atoms with Gasteiger partial charge in [0.25, 0.3) is 0 Å². The van der Waals surface area contributed by atoms with E-state index in [1.165, 1.54) is 6.07 Å². The first-order chi connectivity index (χ1) is 13.7. The van der Waals surface area contributed by atoms with Gasteiger partial charge in [-0.1, -0.05) is 46.4 Å². The van der Waals surface area contributed by atoms with Crippen molar-refractivity contribution in [3.63, 3.8) is 0 Å². The van der Waals surface area contributed by atoms with Crippen LogP contribution in [-0.4, -0.2) is 21.8 Å². The zero-order chi connectivity index (χ0) is 22.6. The Morgan fingerprint density at radius 2 is 1.70 bits per heavy atom. The number of carbonyl (C=O) groups excluding carboxylic acids is 2. The normalized spacial score (nSPS) is 22.5. The number of hydrogen-bond donors (Lipinski definition) is 1. The van der Waals surface area contributed by atoms with Crippen molar-refractivity contribution in [3.8, 4) is 0 Å². The summed E-state index contributed by atoms with van der Waals surface area (Å²) in [6.45, 7) is 4.96. The van der Waals surface area contributed by atoms with E-state index in [0.29, 0.717) is 15.6 Å². The fraction of sp³-hybridized carbons (Fsp3) is 0.333. The average Bonchev–Trinajstić information content (AvgIpc) is 3.09. The van der Waals surface area contributed by atoms with Crippen LogP contribution in [0.2, 0.25) is 10.0 Å². The molecule has 1 radical (unpaired) electrons. The molecule has 0 aromatic heterocycles. The quantitative estimate of drug-likeness (QED) is 0.448. The van der Waals surface area contributed by atoms with Crippen LogP contribution >= 0.6 is 46.4 Å². The van der Waals surface area contributed by atoms with Gasteiger partial charge in [0.1, 0.15) is 21.2 Å². The number of amides is 1. The van der Waals surface area contributed by atoms with E-state index in [0.717, 1.165) is 12.1 Å². The summed E-state index contributed by atoms with van der Waals surface area (Å²) in [7, 11) is 0. The van der Waals surface area contributed by atoms with E-state index in [-0.39, 0.29) is 11.1 Å². The van der Waals surface area contributed by atoms with Gasteiger partial charge < -0.3 is 10.5 Å². The van der Waals surface area contributed by atoms with E-state index in [2.05, 4.69) is 6.07 Å². The van der Waals surface area contributed by atoms with Crippen molar-refractivity contribution >= 4 is 58.3 Å². The highest BCUT2D eigenvalue weighted by Crippen LogP contribution is 2.74. The molecule has 2 aromatic rings. The summed E-state index contributed by atoms with van der Waals surface area (Å²) in [5, 5.41) is 0.592. The molecule has 0 spiro atoms. The van der Waals surface area contributed by atoms with Crippen LogP contribution in [0.5, 0.6) is 0 Å². The maximum absolute atomic E-state index is 14.0. The van der Waals surface area contributed by atoms with Gasteiger partial charge in [0.2, 0.25) is 5.91 Å². The molecular formula is C21H17Cl4FNO3. The van der Waals surface area contributed by atoms with Gasteiger partial charge in [-0.3, -0.25) is 4.79 Å². The lowest BCUT2D eigenvalue weighted by Crippen LogP contribution is -2.36. The summed E-state index contributed by atoms with van der Waals surface area (Å²) >= 11 is 25.3. The van der Waals surface area contributed by atoms with Crippen LogP contribution in [0.4, 0.5) is 4.39 Å². The standard InChI is InChI=1S/C21H17Cl4FNO3/c1-19(2,3)30-17(28)14-9-13(26)4-5-15(14)20(18(27)29)16(21(20,24)25)10-6-11(22)8-12(23)7-10/h5-9,16H,1-3H3,(H2,27,29). The van der Waals surface area contributed by atoms with E-state index in [9.17, 15) is 14.0 Å². The van der Waals surface area contributed by atoms with Crippen LogP contribution in [-0.2, 0) is 14.9 Å². The van der Waals surface area contributed by atoms with Crippen molar-refractivity contribution in [2.45, 2.75) is 42.0 Å². The summed E-state index contributed by atoms with van der Waals surface area (Å²) in [6.07, 6.45) is 0. The molecule has 4 nitrogen and oxygen atoms in total. The van der Waals surface area contributed by atoms with Gasteiger partial charge in [0.15, 0.2) is 0 Å². The zero-order valence-corrected chi connectivity index (χ0v) is 19.2. The second-order valence-corrected chi connectivity index (χ2v) is 10.3. The molecule has 2 unspecified atom stereocenters. The lowest BCUT2D eigenvalue weighted by Gasteiger charge is -2.23. The molecule has 0 aliphatic heterocycles. The molecule has 3 rings (SSSR count). The van der Waals surface area contributed by atoms with E-state index >= 15 is 0 Å². The smallest absolute Gasteiger partial charge is 0.339 e. The van der Waals surface area contributed by atoms with E-state index in [1.54, 1.807) is 32.9 Å². The molecule has 9 heteroatoms. The molecule has 2 atom stereocenters. The Balaban J connectivity index is 2.23. The van der Waals surface area contributed by atoms with Crippen LogP contribution in [0.1, 0.15) is 48.2 Å². The molecule has 159 valence electrons. The predicted molar refractivity (Wildman–Crippen MR) is 115 cm³/mol. The lowest BCUT2D eigenvalue weighted by atomic mass is 9.86. The summed E-state index contributed by atoms with van der Waals surface area (Å²) in [6, 6.07) is 8.99. The molecule has 2 N–H and O–H groups in total. The molecule has 1 aliphatic rings. The lowest BCUT2D eigenvalue weighted by molar-refractivity contribution is -0.120. The summed E-state index contributed by atoms with van der Waals surface area (Å²) in [4.78, 5) is 25.5. The first kappa shape index (κ1) is 23.1. The average molecular weight is 492 g/mol. The zero-order valence-electron chi connectivity index (χ0n) is 16.2. The van der Waals surface area contributed by atoms with Crippen LogP contribution < -0.4 is 5.73 Å². The van der Waals surface area contributed by atoms with Gasteiger partial charge in [0, 0.05) is 22.0 Å². The van der Waals surface area contributed by atoms with E-state index < -0.39 is 39.0 Å². The predicted octanol–water partition coefficient (Wildman–Crippen LogP) is 5.58. The molecule has 1 aliphatic carbocycles. The maximum atomic E-state index is 14.0. The highest BCUT2D eigenvalue weighted by Gasteiger charge is 2.81. The molecule has 0 saturated heterocycles. The van der Waals surface area contributed by atoms with Gasteiger partial charge in [-0.25, -0.2) is 9.18 Å². The molecule has 30 heavy (non-hydrogen) atoms. The highest BCUT2D eigenvalue weighted by molar-refractivity contribution is 6.55. The third-order valence-corrected chi connectivity index (χ3v) is 6.27. The number of ether oxygens (including phenoxy) is 1. The number of rotatable bonds is 4. The fourth-order valence-corrected chi connectivity index (χ4v) is 5.29. The van der Waals surface area contributed by atoms with Gasteiger partial charge in [-0.2, -0.15) is 0 Å². The van der Waals surface area contributed by atoms with Gasteiger partial charge in [-0.15, -0.1) is 0 Å². The van der Waals surface area contributed by atoms with Gasteiger partial charge in [0.05, 0.1) is 5.56 Å². The van der Waals surface area contributed by atoms with Gasteiger partial charge >= 0.3 is 5.97 Å². The Kier molecular flexibility index (Phi) is 5.83. The topological polar surface area (TPSA) is 69.4 Å². The summed E-state index contributed by atoms with van der Waals surface area (Å²) in [5.41, 5.74) is 3.34. The minimum atomic E-state index is -1.76. The second-order valence-electron chi connectivity index (χ2n) is 8.04. The maximum Gasteiger partial charge on any atom is 0.339 e. The van der Waals surface area contributed by atoms with E-state index in [4.69, 9.17) is 56.9 Å². The van der Waals surface area contributed by atoms with Crippen molar-refractivity contribution in [1.82, 2.24) is 0 Å². The number of esters is 1. The van der Waals surface area contributed by atoms with Crippen molar-refractivity contribution in [2.24, 2.45) is 5.73 Å². The van der Waals surface area contributed by atoms with Crippen molar-refractivity contribution < 1.29 is 18.7 Å². The minimum absolute atomic E-state index is 0.0109. The first-order valence-electron chi connectivity index (χ1n) is 8.80. The van der Waals surface area contributed by atoms with Crippen molar-refractivity contribution in [2.75, 3.05) is 0 Å². The number of nitrogens with two attached hydrogens (primary N) is 1. The highest BCUT2D eigenvalue weighted by atomic mass is 35.5. The Morgan fingerprint density at radius 1 is 1.13 bits per heavy atom.